The minimum Gasteiger partial charge on any atom is -0.504 e. The zero-order chi connectivity index (χ0) is 30.3. The number of aryl methyl sites for hydroxylation is 2. The fourth-order valence-corrected chi connectivity index (χ4v) is 10.9. The van der Waals surface area contributed by atoms with E-state index >= 15 is 0 Å². The molecule has 2 aromatic carbocycles. The Hall–Kier alpha value is -3.04. The van der Waals surface area contributed by atoms with Gasteiger partial charge in [0, 0.05) is 80.4 Å². The Balaban J connectivity index is 1.23. The highest BCUT2D eigenvalue weighted by molar-refractivity contribution is 7.12. The van der Waals surface area contributed by atoms with Crippen LogP contribution in [0.15, 0.2) is 30.3 Å². The molecule has 2 N–H and O–H groups in total. The van der Waals surface area contributed by atoms with Gasteiger partial charge < -0.3 is 19.7 Å². The normalized spacial score (nSPS) is 22.3. The van der Waals surface area contributed by atoms with Crippen molar-refractivity contribution in [2.75, 3.05) is 27.3 Å². The van der Waals surface area contributed by atoms with Crippen molar-refractivity contribution in [3.8, 4) is 23.0 Å². The van der Waals surface area contributed by atoms with Gasteiger partial charge in [0.2, 0.25) is 0 Å². The van der Waals surface area contributed by atoms with E-state index in [1.807, 2.05) is 22.7 Å². The third-order valence-electron chi connectivity index (χ3n) is 10.4. The zero-order valence-electron chi connectivity index (χ0n) is 25.9. The summed E-state index contributed by atoms with van der Waals surface area (Å²) >= 11 is 3.88. The van der Waals surface area contributed by atoms with Gasteiger partial charge in [-0.15, -0.1) is 22.7 Å². The van der Waals surface area contributed by atoms with Crippen molar-refractivity contribution in [3.05, 3.63) is 88.8 Å². The van der Waals surface area contributed by atoms with Gasteiger partial charge in [0.1, 0.15) is 0 Å². The first-order valence-corrected chi connectivity index (χ1v) is 17.5. The predicted molar refractivity (Wildman–Crippen MR) is 176 cm³/mol. The molecule has 3 atom stereocenters. The van der Waals surface area contributed by atoms with Gasteiger partial charge in [-0.2, -0.15) is 0 Å². The Labute approximate surface area is 267 Å². The van der Waals surface area contributed by atoms with Crippen molar-refractivity contribution in [1.82, 2.24) is 9.80 Å². The summed E-state index contributed by atoms with van der Waals surface area (Å²) in [6.07, 6.45) is 5.08. The summed E-state index contributed by atoms with van der Waals surface area (Å²) in [4.78, 5) is 10.8. The summed E-state index contributed by atoms with van der Waals surface area (Å²) in [6, 6.07) is 11.6. The summed E-state index contributed by atoms with van der Waals surface area (Å²) in [7, 11) is 3.34. The van der Waals surface area contributed by atoms with Crippen LogP contribution in [0.5, 0.6) is 23.0 Å². The molecule has 230 valence electrons. The number of hydrogen-bond donors (Lipinski definition) is 2. The van der Waals surface area contributed by atoms with Gasteiger partial charge in [0.25, 0.3) is 0 Å². The van der Waals surface area contributed by atoms with Crippen LogP contribution >= 0.6 is 22.7 Å². The predicted octanol–water partition coefficient (Wildman–Crippen LogP) is 7.40. The molecule has 0 bridgehead atoms. The topological polar surface area (TPSA) is 65.4 Å². The number of rotatable bonds is 5. The zero-order valence-corrected chi connectivity index (χ0v) is 27.5. The lowest BCUT2D eigenvalue weighted by atomic mass is 9.79. The molecule has 0 radical (unpaired) electrons. The van der Waals surface area contributed by atoms with E-state index < -0.39 is 0 Å². The number of nitrogens with zero attached hydrogens (tertiary/aromatic N) is 2. The molecular formula is C36H40N2O4S2. The first-order valence-electron chi connectivity index (χ1n) is 15.9. The molecule has 6 nitrogen and oxygen atoms in total. The number of ether oxygens (including phenoxy) is 2. The maximum absolute atomic E-state index is 12.0. The van der Waals surface area contributed by atoms with Crippen LogP contribution in [0, 0.1) is 6.92 Å². The Morgan fingerprint density at radius 1 is 0.864 bits per heavy atom. The molecule has 1 unspecified atom stereocenters. The van der Waals surface area contributed by atoms with E-state index in [1.54, 1.807) is 20.3 Å². The van der Waals surface area contributed by atoms with E-state index in [4.69, 9.17) is 9.47 Å². The molecule has 0 amide bonds. The van der Waals surface area contributed by atoms with Gasteiger partial charge >= 0.3 is 0 Å². The summed E-state index contributed by atoms with van der Waals surface area (Å²) in [5, 5.41) is 22.5. The Morgan fingerprint density at radius 2 is 1.61 bits per heavy atom. The minimum atomic E-state index is 0.0317. The molecule has 4 aromatic rings. The van der Waals surface area contributed by atoms with Crippen molar-refractivity contribution >= 4 is 22.7 Å². The van der Waals surface area contributed by atoms with Crippen LogP contribution in [-0.2, 0) is 38.8 Å². The summed E-state index contributed by atoms with van der Waals surface area (Å²) in [6.45, 7) is 7.80. The van der Waals surface area contributed by atoms with Crippen LogP contribution in [-0.4, -0.2) is 47.3 Å². The highest BCUT2D eigenvalue weighted by Gasteiger charge is 2.42. The fraction of sp³-hybridized carbons (Fsp3) is 0.444. The molecule has 4 aliphatic heterocycles. The van der Waals surface area contributed by atoms with E-state index in [0.29, 0.717) is 29.8 Å². The molecule has 0 fully saturated rings. The second-order valence-corrected chi connectivity index (χ2v) is 15.4. The molecule has 0 spiro atoms. The quantitative estimate of drug-likeness (QED) is 0.240. The van der Waals surface area contributed by atoms with Crippen LogP contribution in [0.3, 0.4) is 0 Å². The van der Waals surface area contributed by atoms with Gasteiger partial charge in [0.05, 0.1) is 14.2 Å². The number of methoxy groups -OCH3 is 2. The van der Waals surface area contributed by atoms with E-state index in [2.05, 4.69) is 47.9 Å². The second-order valence-electron chi connectivity index (χ2n) is 12.9. The van der Waals surface area contributed by atoms with Gasteiger partial charge in [-0.1, -0.05) is 25.5 Å². The van der Waals surface area contributed by atoms with E-state index in [-0.39, 0.29) is 17.7 Å². The molecule has 6 heterocycles. The number of benzene rings is 2. The van der Waals surface area contributed by atoms with E-state index in [9.17, 15) is 10.2 Å². The molecule has 8 heteroatoms. The monoisotopic (exact) mass is 628 g/mol. The average Bonchev–Trinajstić information content (AvgIpc) is 3.62. The summed E-state index contributed by atoms with van der Waals surface area (Å²) < 4.78 is 11.7. The lowest BCUT2D eigenvalue weighted by Crippen LogP contribution is -2.41. The first-order chi connectivity index (χ1) is 21.4. The number of hydrogen-bond acceptors (Lipinski definition) is 8. The highest BCUT2D eigenvalue weighted by atomic mass is 32.1. The molecule has 0 aliphatic carbocycles. The van der Waals surface area contributed by atoms with Crippen molar-refractivity contribution in [2.24, 2.45) is 0 Å². The van der Waals surface area contributed by atoms with Crippen molar-refractivity contribution in [3.63, 3.8) is 0 Å². The SMILES string of the molecule is CCCc1cc2c(s1)C(c1cc3c(c(OC)c1O)CN1CCc4sc(C)cc4[C@@H]1C3)CN1Cc3c(ccc(O)c3OC)C[C@@H]21. The lowest BCUT2D eigenvalue weighted by Gasteiger charge is -2.44. The Bertz CT molecular complexity index is 1770. The molecule has 0 saturated carbocycles. The first kappa shape index (κ1) is 28.4. The third-order valence-corrected chi connectivity index (χ3v) is 12.9. The molecule has 0 saturated heterocycles. The second kappa shape index (κ2) is 10.8. The van der Waals surface area contributed by atoms with Gasteiger partial charge in [-0.25, -0.2) is 0 Å². The van der Waals surface area contributed by atoms with Crippen molar-refractivity contribution in [2.45, 2.75) is 77.0 Å². The third kappa shape index (κ3) is 4.32. The molecule has 44 heavy (non-hydrogen) atoms. The van der Waals surface area contributed by atoms with E-state index in [0.717, 1.165) is 68.4 Å². The summed E-state index contributed by atoms with van der Waals surface area (Å²) in [5.41, 5.74) is 8.61. The van der Waals surface area contributed by atoms with Gasteiger partial charge in [-0.05, 0) is 73.1 Å². The molecule has 4 aliphatic rings. The van der Waals surface area contributed by atoms with Crippen LogP contribution in [0.2, 0.25) is 0 Å². The number of phenols is 2. The number of phenolic OH excluding ortho intramolecular Hbond substituents is 2. The fourth-order valence-electron chi connectivity index (χ4n) is 8.43. The maximum atomic E-state index is 12.0. The van der Waals surface area contributed by atoms with E-state index in [1.165, 1.54) is 41.8 Å². The summed E-state index contributed by atoms with van der Waals surface area (Å²) in [5.74, 6) is 1.74. The minimum absolute atomic E-state index is 0.0317. The van der Waals surface area contributed by atoms with Crippen LogP contribution in [0.4, 0.5) is 0 Å². The lowest BCUT2D eigenvalue weighted by molar-refractivity contribution is 0.148. The molecule has 8 rings (SSSR count). The maximum Gasteiger partial charge on any atom is 0.165 e. The van der Waals surface area contributed by atoms with Crippen LogP contribution < -0.4 is 9.47 Å². The molecule has 2 aromatic heterocycles. The van der Waals surface area contributed by atoms with Crippen molar-refractivity contribution < 1.29 is 19.7 Å². The highest BCUT2D eigenvalue weighted by Crippen LogP contribution is 2.54. The van der Waals surface area contributed by atoms with Gasteiger partial charge in [-0.3, -0.25) is 9.80 Å². The number of aromatic hydroxyl groups is 2. The number of thiophene rings is 2. The smallest absolute Gasteiger partial charge is 0.165 e. The van der Waals surface area contributed by atoms with Crippen LogP contribution in [0.1, 0.15) is 89.8 Å². The average molecular weight is 629 g/mol. The molecular weight excluding hydrogens is 589 g/mol. The Morgan fingerprint density at radius 3 is 2.41 bits per heavy atom. The largest absolute Gasteiger partial charge is 0.504 e. The van der Waals surface area contributed by atoms with Crippen LogP contribution in [0.25, 0.3) is 0 Å². The van der Waals surface area contributed by atoms with Crippen molar-refractivity contribution in [1.29, 1.82) is 0 Å². The van der Waals surface area contributed by atoms with Gasteiger partial charge in [0.15, 0.2) is 23.0 Å². The Kier molecular flexibility index (Phi) is 6.98. The number of fused-ring (bicyclic) bond motifs is 8. The standard InChI is InChI=1S/C36H40N2O4S2/c1-5-6-22-15-25-30-13-20-7-8-31(39)34(41-3)26(20)17-38(30)18-28(36(25)44-22)23-12-21-14-29-24-11-19(2)43-32(24)9-10-37(29)16-27(21)35(42-4)33(23)40/h7-8,11-12,15,28-30,39-40H,5-6,9-10,13-14,16-18H2,1-4H3/t28?,29-,30-/m0/s1.